The molecule has 1 atom stereocenters. The lowest BCUT2D eigenvalue weighted by molar-refractivity contribution is 0.183. The number of nitrogens with zero attached hydrogens (tertiary/aromatic N) is 5. The molecule has 4 rings (SSSR count). The number of benzene rings is 1. The average molecular weight is 416 g/mol. The van der Waals surface area contributed by atoms with E-state index >= 15 is 0 Å². The first-order valence-corrected chi connectivity index (χ1v) is 10.3. The molecule has 0 spiro atoms. The van der Waals surface area contributed by atoms with Gasteiger partial charge in [-0.1, -0.05) is 23.7 Å². The van der Waals surface area contributed by atoms with Crippen molar-refractivity contribution in [2.75, 3.05) is 13.7 Å². The quantitative estimate of drug-likeness (QED) is 0.576. The lowest BCUT2D eigenvalue weighted by atomic mass is 9.94. The minimum atomic E-state index is -0.528. The molecule has 0 saturated heterocycles. The number of rotatable bonds is 5. The Balaban J connectivity index is 1.97. The summed E-state index contributed by atoms with van der Waals surface area (Å²) in [6.45, 7) is 6.79. The SMILES string of the molecule is COCCCC1(C)N=C(c2ccc(Cl)cc2)c2c(C)nsc2-n2c(C)nnc21. The Hall–Kier alpha value is -2.09. The first-order chi connectivity index (χ1) is 13.4. The number of fused-ring (bicyclic) bond motifs is 3. The number of aromatic nitrogens is 4. The maximum Gasteiger partial charge on any atom is 0.166 e. The van der Waals surface area contributed by atoms with Crippen molar-refractivity contribution in [3.63, 3.8) is 0 Å². The summed E-state index contributed by atoms with van der Waals surface area (Å²) in [5, 5.41) is 10.6. The van der Waals surface area contributed by atoms with Gasteiger partial charge >= 0.3 is 0 Å². The van der Waals surface area contributed by atoms with Crippen LogP contribution in [0, 0.1) is 13.8 Å². The van der Waals surface area contributed by atoms with E-state index in [1.807, 2.05) is 38.1 Å². The van der Waals surface area contributed by atoms with Crippen molar-refractivity contribution >= 4 is 28.8 Å². The van der Waals surface area contributed by atoms with Crippen molar-refractivity contribution in [3.05, 3.63) is 57.8 Å². The van der Waals surface area contributed by atoms with E-state index in [4.69, 9.17) is 21.3 Å². The van der Waals surface area contributed by atoms with Gasteiger partial charge < -0.3 is 4.74 Å². The van der Waals surface area contributed by atoms with Gasteiger partial charge in [0.15, 0.2) is 5.82 Å². The van der Waals surface area contributed by atoms with Crippen molar-refractivity contribution in [2.24, 2.45) is 4.99 Å². The molecule has 0 bridgehead atoms. The third-order valence-electron chi connectivity index (χ3n) is 5.08. The summed E-state index contributed by atoms with van der Waals surface area (Å²) in [4.78, 5) is 5.27. The first-order valence-electron chi connectivity index (χ1n) is 9.19. The summed E-state index contributed by atoms with van der Waals surface area (Å²) < 4.78 is 12.0. The lowest BCUT2D eigenvalue weighted by Gasteiger charge is -2.24. The molecule has 0 fully saturated rings. The summed E-state index contributed by atoms with van der Waals surface area (Å²) in [5.74, 6) is 1.68. The van der Waals surface area contributed by atoms with E-state index in [0.717, 1.165) is 52.0 Å². The van der Waals surface area contributed by atoms with Crippen LogP contribution >= 0.6 is 23.1 Å². The zero-order chi connectivity index (χ0) is 19.9. The Kier molecular flexibility index (Phi) is 5.07. The molecule has 0 N–H and O–H groups in total. The predicted octanol–water partition coefficient (Wildman–Crippen LogP) is 4.49. The highest BCUT2D eigenvalue weighted by atomic mass is 35.5. The van der Waals surface area contributed by atoms with Crippen LogP contribution < -0.4 is 0 Å². The first kappa shape index (κ1) is 19.2. The Morgan fingerprint density at radius 2 is 1.93 bits per heavy atom. The number of aliphatic imine (C=N–C) groups is 1. The standard InChI is InChI=1S/C20H22ClN5OS/c1-12-16-17(14-6-8-15(21)9-7-14)22-20(3,10-5-11-27-4)19-24-23-13(2)26(19)18(16)28-25-12/h6-9H,5,10-11H2,1-4H3. The van der Waals surface area contributed by atoms with E-state index < -0.39 is 5.54 Å². The Morgan fingerprint density at radius 1 is 1.18 bits per heavy atom. The van der Waals surface area contributed by atoms with Gasteiger partial charge in [0.1, 0.15) is 16.4 Å². The number of ether oxygens (including phenoxy) is 1. The van der Waals surface area contributed by atoms with E-state index in [1.54, 1.807) is 7.11 Å². The van der Waals surface area contributed by atoms with Gasteiger partial charge in [-0.2, -0.15) is 4.37 Å². The van der Waals surface area contributed by atoms with Crippen LogP contribution in [0.15, 0.2) is 29.3 Å². The zero-order valence-electron chi connectivity index (χ0n) is 16.4. The van der Waals surface area contributed by atoms with Crippen LogP contribution in [0.1, 0.15) is 48.2 Å². The molecular formula is C20H22ClN5OS. The van der Waals surface area contributed by atoms with Crippen LogP contribution in [-0.4, -0.2) is 38.6 Å². The molecule has 2 aromatic heterocycles. The van der Waals surface area contributed by atoms with Gasteiger partial charge in [0, 0.05) is 24.3 Å². The van der Waals surface area contributed by atoms with E-state index in [9.17, 15) is 0 Å². The molecular weight excluding hydrogens is 394 g/mol. The molecule has 1 aliphatic heterocycles. The van der Waals surface area contributed by atoms with Crippen molar-refractivity contribution in [3.8, 4) is 5.00 Å². The van der Waals surface area contributed by atoms with Crippen LogP contribution in [-0.2, 0) is 10.3 Å². The van der Waals surface area contributed by atoms with Gasteiger partial charge in [-0.05, 0) is 57.3 Å². The van der Waals surface area contributed by atoms with Crippen molar-refractivity contribution < 1.29 is 4.74 Å². The fourth-order valence-electron chi connectivity index (χ4n) is 3.63. The third-order valence-corrected chi connectivity index (χ3v) is 6.26. The van der Waals surface area contributed by atoms with Crippen LogP contribution in [0.5, 0.6) is 0 Å². The molecule has 6 nitrogen and oxygen atoms in total. The number of halogens is 1. The smallest absolute Gasteiger partial charge is 0.166 e. The molecule has 0 radical (unpaired) electrons. The number of hydrogen-bond acceptors (Lipinski definition) is 6. The highest BCUT2D eigenvalue weighted by molar-refractivity contribution is 7.09. The van der Waals surface area contributed by atoms with Gasteiger partial charge in [-0.15, -0.1) is 10.2 Å². The maximum atomic E-state index is 6.12. The number of methoxy groups -OCH3 is 1. The molecule has 1 aliphatic rings. The van der Waals surface area contributed by atoms with E-state index in [-0.39, 0.29) is 0 Å². The Labute approximate surface area is 173 Å². The van der Waals surface area contributed by atoms with Gasteiger partial charge in [0.2, 0.25) is 0 Å². The minimum Gasteiger partial charge on any atom is -0.385 e. The molecule has 1 unspecified atom stereocenters. The largest absolute Gasteiger partial charge is 0.385 e. The summed E-state index contributed by atoms with van der Waals surface area (Å²) in [7, 11) is 1.72. The highest BCUT2D eigenvalue weighted by Gasteiger charge is 2.38. The van der Waals surface area contributed by atoms with Crippen LogP contribution in [0.2, 0.25) is 5.02 Å². The van der Waals surface area contributed by atoms with E-state index in [1.165, 1.54) is 11.5 Å². The maximum absolute atomic E-state index is 6.12. The fraction of sp³-hybridized carbons (Fsp3) is 0.400. The van der Waals surface area contributed by atoms with Crippen molar-refractivity contribution in [2.45, 2.75) is 39.2 Å². The van der Waals surface area contributed by atoms with E-state index in [0.29, 0.717) is 11.6 Å². The van der Waals surface area contributed by atoms with Gasteiger partial charge in [0.25, 0.3) is 0 Å². The summed E-state index contributed by atoms with van der Waals surface area (Å²) in [6, 6.07) is 7.81. The second-order valence-corrected chi connectivity index (χ2v) is 8.38. The summed E-state index contributed by atoms with van der Waals surface area (Å²) in [6.07, 6.45) is 1.68. The van der Waals surface area contributed by atoms with Crippen molar-refractivity contribution in [1.29, 1.82) is 0 Å². The molecule has 3 aromatic rings. The van der Waals surface area contributed by atoms with E-state index in [2.05, 4.69) is 26.1 Å². The molecule has 3 heterocycles. The third kappa shape index (κ3) is 3.17. The number of aryl methyl sites for hydroxylation is 2. The molecule has 8 heteroatoms. The Bertz CT molecular complexity index is 1040. The Morgan fingerprint density at radius 3 is 2.64 bits per heavy atom. The average Bonchev–Trinajstić information content (AvgIpc) is 3.20. The van der Waals surface area contributed by atoms with Crippen molar-refractivity contribution in [1.82, 2.24) is 19.1 Å². The molecule has 0 amide bonds. The second-order valence-electron chi connectivity index (χ2n) is 7.19. The molecule has 1 aromatic carbocycles. The van der Waals surface area contributed by atoms with Gasteiger partial charge in [0.05, 0.1) is 17.0 Å². The molecule has 0 aliphatic carbocycles. The molecule has 0 saturated carbocycles. The lowest BCUT2D eigenvalue weighted by Crippen LogP contribution is -2.25. The topological polar surface area (TPSA) is 65.2 Å². The normalized spacial score (nSPS) is 18.4. The summed E-state index contributed by atoms with van der Waals surface area (Å²) in [5.41, 5.74) is 3.40. The van der Waals surface area contributed by atoms with Gasteiger partial charge in [-0.3, -0.25) is 9.56 Å². The fourth-order valence-corrected chi connectivity index (χ4v) is 4.71. The predicted molar refractivity (Wildman–Crippen MR) is 112 cm³/mol. The minimum absolute atomic E-state index is 0.528. The van der Waals surface area contributed by atoms with Crippen LogP contribution in [0.3, 0.4) is 0 Å². The van der Waals surface area contributed by atoms with Gasteiger partial charge in [-0.25, -0.2) is 0 Å². The van der Waals surface area contributed by atoms with Crippen LogP contribution in [0.4, 0.5) is 0 Å². The highest BCUT2D eigenvalue weighted by Crippen LogP contribution is 2.39. The second kappa shape index (κ2) is 7.39. The molecule has 28 heavy (non-hydrogen) atoms. The number of hydrogen-bond donors (Lipinski definition) is 0. The summed E-state index contributed by atoms with van der Waals surface area (Å²) >= 11 is 7.58. The molecule has 146 valence electrons. The monoisotopic (exact) mass is 415 g/mol. The van der Waals surface area contributed by atoms with Crippen LogP contribution in [0.25, 0.3) is 5.00 Å². The zero-order valence-corrected chi connectivity index (χ0v) is 17.9.